The van der Waals surface area contributed by atoms with Crippen LogP contribution < -0.4 is 4.74 Å². The second kappa shape index (κ2) is 9.71. The molecule has 0 aliphatic rings. The van der Waals surface area contributed by atoms with Crippen LogP contribution in [0.1, 0.15) is 19.8 Å². The number of rotatable bonds is 7. The SMILES string of the molecule is CCCCOc1ccc(-c2ccc(-c3ccc(-c4ccc(Br)s4)c4nsnc34)c(F)c2)cc1. The summed E-state index contributed by atoms with van der Waals surface area (Å²) in [5.74, 6) is 0.553. The van der Waals surface area contributed by atoms with Gasteiger partial charge in [0.05, 0.1) is 22.1 Å². The molecule has 5 aromatic rings. The third-order valence-electron chi connectivity index (χ3n) is 5.47. The summed E-state index contributed by atoms with van der Waals surface area (Å²) < 4.78 is 31.1. The zero-order chi connectivity index (χ0) is 22.8. The molecule has 33 heavy (non-hydrogen) atoms. The van der Waals surface area contributed by atoms with Gasteiger partial charge in [-0.1, -0.05) is 49.7 Å². The highest BCUT2D eigenvalue weighted by atomic mass is 79.9. The Hall–Kier alpha value is -2.61. The number of ether oxygens (including phenoxy) is 1. The number of unbranched alkanes of at least 4 members (excludes halogenated alkanes) is 1. The zero-order valence-electron chi connectivity index (χ0n) is 17.8. The van der Waals surface area contributed by atoms with Crippen LogP contribution in [-0.4, -0.2) is 15.4 Å². The Labute approximate surface area is 208 Å². The Morgan fingerprint density at radius 1 is 0.848 bits per heavy atom. The van der Waals surface area contributed by atoms with Crippen molar-refractivity contribution in [1.29, 1.82) is 0 Å². The van der Waals surface area contributed by atoms with Crippen LogP contribution in [0.3, 0.4) is 0 Å². The van der Waals surface area contributed by atoms with Crippen molar-refractivity contribution >= 4 is 50.0 Å². The predicted octanol–water partition coefficient (Wildman–Crippen LogP) is 8.83. The van der Waals surface area contributed by atoms with Crippen LogP contribution in [0.5, 0.6) is 5.75 Å². The van der Waals surface area contributed by atoms with Gasteiger partial charge in [-0.2, -0.15) is 8.75 Å². The molecule has 0 radical (unpaired) electrons. The highest BCUT2D eigenvalue weighted by Crippen LogP contribution is 2.39. The maximum Gasteiger partial charge on any atom is 0.131 e. The van der Waals surface area contributed by atoms with Gasteiger partial charge in [0.1, 0.15) is 22.6 Å². The Balaban J connectivity index is 1.46. The zero-order valence-corrected chi connectivity index (χ0v) is 21.1. The third kappa shape index (κ3) is 4.58. The Bertz CT molecular complexity index is 1410. The van der Waals surface area contributed by atoms with Crippen LogP contribution in [0.25, 0.3) is 43.7 Å². The van der Waals surface area contributed by atoms with Crippen molar-refractivity contribution in [3.63, 3.8) is 0 Å². The van der Waals surface area contributed by atoms with Gasteiger partial charge in [0.25, 0.3) is 0 Å². The fourth-order valence-corrected chi connectivity index (χ4v) is 5.72. The molecule has 3 nitrogen and oxygen atoms in total. The summed E-state index contributed by atoms with van der Waals surface area (Å²) in [7, 11) is 0. The van der Waals surface area contributed by atoms with Crippen LogP contribution in [-0.2, 0) is 0 Å². The molecule has 0 aliphatic heterocycles. The predicted molar refractivity (Wildman–Crippen MR) is 140 cm³/mol. The van der Waals surface area contributed by atoms with Gasteiger partial charge in [-0.3, -0.25) is 0 Å². The Morgan fingerprint density at radius 3 is 2.24 bits per heavy atom. The molecule has 0 aliphatic carbocycles. The molecule has 0 fully saturated rings. The second-order valence-electron chi connectivity index (χ2n) is 7.65. The van der Waals surface area contributed by atoms with Crippen LogP contribution in [0.4, 0.5) is 4.39 Å². The first-order valence-corrected chi connectivity index (χ1v) is 13.0. The third-order valence-corrected chi connectivity index (χ3v) is 7.65. The quantitative estimate of drug-likeness (QED) is 0.194. The summed E-state index contributed by atoms with van der Waals surface area (Å²) >= 11 is 6.31. The average molecular weight is 539 g/mol. The van der Waals surface area contributed by atoms with Gasteiger partial charge in [0, 0.05) is 21.6 Å². The van der Waals surface area contributed by atoms with Crippen molar-refractivity contribution in [3.05, 3.63) is 76.3 Å². The monoisotopic (exact) mass is 538 g/mol. The van der Waals surface area contributed by atoms with Gasteiger partial charge >= 0.3 is 0 Å². The molecule has 0 bridgehead atoms. The van der Waals surface area contributed by atoms with E-state index in [1.165, 1.54) is 0 Å². The van der Waals surface area contributed by atoms with E-state index < -0.39 is 0 Å². The molecular formula is C26H20BrFN2OS2. The lowest BCUT2D eigenvalue weighted by Crippen LogP contribution is -1.96. The minimum absolute atomic E-state index is 0.281. The molecule has 0 unspecified atom stereocenters. The average Bonchev–Trinajstić information content (AvgIpc) is 3.49. The first-order chi connectivity index (χ1) is 16.1. The number of nitrogens with zero attached hydrogens (tertiary/aromatic N) is 2. The van der Waals surface area contributed by atoms with Crippen LogP contribution >= 0.6 is 39.0 Å². The summed E-state index contributed by atoms with van der Waals surface area (Å²) in [6.07, 6.45) is 2.13. The molecule has 7 heteroatoms. The lowest BCUT2D eigenvalue weighted by Gasteiger charge is -2.10. The minimum atomic E-state index is -0.281. The van der Waals surface area contributed by atoms with Crippen molar-refractivity contribution in [1.82, 2.24) is 8.75 Å². The first-order valence-electron chi connectivity index (χ1n) is 10.7. The van der Waals surface area contributed by atoms with Gasteiger partial charge in [0.2, 0.25) is 0 Å². The highest BCUT2D eigenvalue weighted by Gasteiger charge is 2.17. The Morgan fingerprint density at radius 2 is 1.55 bits per heavy atom. The maximum atomic E-state index is 15.3. The summed E-state index contributed by atoms with van der Waals surface area (Å²) in [6, 6.07) is 21.2. The van der Waals surface area contributed by atoms with Gasteiger partial charge < -0.3 is 4.74 Å². The van der Waals surface area contributed by atoms with Gasteiger partial charge in [-0.25, -0.2) is 4.39 Å². The molecule has 2 heterocycles. The topological polar surface area (TPSA) is 35.0 Å². The van der Waals surface area contributed by atoms with E-state index in [4.69, 9.17) is 4.74 Å². The Kier molecular flexibility index (Phi) is 6.53. The number of halogens is 2. The molecular weight excluding hydrogens is 519 g/mol. The molecule has 166 valence electrons. The molecule has 0 spiro atoms. The van der Waals surface area contributed by atoms with Crippen molar-refractivity contribution in [2.45, 2.75) is 19.8 Å². The van der Waals surface area contributed by atoms with E-state index in [-0.39, 0.29) is 5.82 Å². The molecule has 2 aromatic heterocycles. The summed E-state index contributed by atoms with van der Waals surface area (Å²) in [4.78, 5) is 1.10. The van der Waals surface area contributed by atoms with E-state index in [1.54, 1.807) is 17.4 Å². The standard InChI is InChI=1S/C26H20BrFN2OS2/c1-2-3-14-31-18-7-4-16(5-8-18)17-6-9-19(22(28)15-17)20-10-11-21(23-12-13-24(27)32-23)26-25(20)29-33-30-26/h4-13,15H,2-3,14H2,1H3. The van der Waals surface area contributed by atoms with Gasteiger partial charge in [-0.15, -0.1) is 11.3 Å². The van der Waals surface area contributed by atoms with Crippen LogP contribution in [0.2, 0.25) is 0 Å². The number of hydrogen-bond donors (Lipinski definition) is 0. The summed E-state index contributed by atoms with van der Waals surface area (Å²) in [5.41, 5.74) is 5.58. The summed E-state index contributed by atoms with van der Waals surface area (Å²) in [5, 5.41) is 0. The lowest BCUT2D eigenvalue weighted by molar-refractivity contribution is 0.309. The highest BCUT2D eigenvalue weighted by molar-refractivity contribution is 9.11. The summed E-state index contributed by atoms with van der Waals surface area (Å²) in [6.45, 7) is 2.85. The molecule has 0 N–H and O–H groups in total. The lowest BCUT2D eigenvalue weighted by atomic mass is 9.97. The molecule has 0 amide bonds. The van der Waals surface area contributed by atoms with Gasteiger partial charge in [-0.05, 0) is 63.8 Å². The van der Waals surface area contributed by atoms with E-state index in [1.807, 2.05) is 54.6 Å². The molecule has 0 saturated heterocycles. The molecule has 5 rings (SSSR count). The van der Waals surface area contributed by atoms with E-state index in [2.05, 4.69) is 37.7 Å². The van der Waals surface area contributed by atoms with Crippen molar-refractivity contribution < 1.29 is 9.13 Å². The normalized spacial score (nSPS) is 11.2. The maximum absolute atomic E-state index is 15.3. The number of hydrogen-bond acceptors (Lipinski definition) is 5. The largest absolute Gasteiger partial charge is 0.494 e. The smallest absolute Gasteiger partial charge is 0.131 e. The van der Waals surface area contributed by atoms with E-state index in [0.717, 1.165) is 72.3 Å². The van der Waals surface area contributed by atoms with E-state index >= 15 is 4.39 Å². The number of thiophene rings is 1. The van der Waals surface area contributed by atoms with Crippen LogP contribution in [0, 0.1) is 5.82 Å². The van der Waals surface area contributed by atoms with E-state index in [9.17, 15) is 0 Å². The van der Waals surface area contributed by atoms with Crippen molar-refractivity contribution in [3.8, 4) is 38.4 Å². The number of aromatic nitrogens is 2. The van der Waals surface area contributed by atoms with Crippen LogP contribution in [0.15, 0.2) is 70.5 Å². The fourth-order valence-electron chi connectivity index (χ4n) is 3.73. The molecule has 3 aromatic carbocycles. The van der Waals surface area contributed by atoms with Crippen molar-refractivity contribution in [2.75, 3.05) is 6.61 Å². The number of benzene rings is 3. The van der Waals surface area contributed by atoms with Crippen molar-refractivity contribution in [2.24, 2.45) is 0 Å². The molecule has 0 saturated carbocycles. The second-order valence-corrected chi connectivity index (χ2v) is 10.6. The molecule has 0 atom stereocenters. The first kappa shape index (κ1) is 22.2. The van der Waals surface area contributed by atoms with E-state index in [0.29, 0.717) is 12.2 Å². The van der Waals surface area contributed by atoms with Gasteiger partial charge in [0.15, 0.2) is 0 Å². The minimum Gasteiger partial charge on any atom is -0.494 e. The number of fused-ring (bicyclic) bond motifs is 1. The fraction of sp³-hybridized carbons (Fsp3) is 0.154.